The van der Waals surface area contributed by atoms with Gasteiger partial charge in [-0.3, -0.25) is 14.4 Å². The summed E-state index contributed by atoms with van der Waals surface area (Å²) < 4.78 is 20.3. The van der Waals surface area contributed by atoms with Crippen molar-refractivity contribution in [3.8, 4) is 0 Å². The second kappa shape index (κ2) is 12.3. The van der Waals surface area contributed by atoms with E-state index >= 15 is 0 Å². The van der Waals surface area contributed by atoms with Gasteiger partial charge in [0.25, 0.3) is 5.91 Å². The predicted octanol–water partition coefficient (Wildman–Crippen LogP) is 4.68. The van der Waals surface area contributed by atoms with E-state index in [9.17, 15) is 23.9 Å². The summed E-state index contributed by atoms with van der Waals surface area (Å²) in [5.74, 6) is -2.53. The van der Waals surface area contributed by atoms with Crippen LogP contribution in [0.25, 0.3) is 0 Å². The van der Waals surface area contributed by atoms with Gasteiger partial charge in [-0.1, -0.05) is 67.4 Å². The second-order valence-electron chi connectivity index (χ2n) is 11.2. The molecule has 220 valence electrons. The monoisotopic (exact) mass is 573 g/mol. The van der Waals surface area contributed by atoms with Crippen molar-refractivity contribution in [2.75, 3.05) is 18.8 Å². The van der Waals surface area contributed by atoms with Crippen LogP contribution < -0.4 is 5.73 Å². The molecule has 42 heavy (non-hydrogen) atoms. The molecule has 2 heterocycles. The van der Waals surface area contributed by atoms with Crippen LogP contribution in [-0.4, -0.2) is 57.9 Å². The van der Waals surface area contributed by atoms with E-state index in [2.05, 4.69) is 0 Å². The van der Waals surface area contributed by atoms with E-state index in [0.717, 1.165) is 22.3 Å². The molecule has 2 aliphatic heterocycles. The number of amides is 2. The maximum absolute atomic E-state index is 14.4. The number of carboxylic acids is 1. The van der Waals surface area contributed by atoms with Crippen LogP contribution in [0.4, 0.5) is 10.1 Å². The number of aryl methyl sites for hydroxylation is 1. The maximum Gasteiger partial charge on any atom is 0.310 e. The van der Waals surface area contributed by atoms with Crippen LogP contribution in [0.15, 0.2) is 72.8 Å². The number of anilines is 1. The Morgan fingerprint density at radius 3 is 2.21 bits per heavy atom. The summed E-state index contributed by atoms with van der Waals surface area (Å²) in [7, 11) is 0. The minimum absolute atomic E-state index is 0.114. The SMILES string of the molecule is CCCC(C(=O)N1CC(C(=O)O)C1)N1C(=O)C(Cc2ccc(F)cc2)OC(c2ccc(N)cc2)C1c1ccc(C)cc1. The Balaban J connectivity index is 1.60. The molecule has 4 unspecified atom stereocenters. The van der Waals surface area contributed by atoms with Crippen molar-refractivity contribution in [3.05, 3.63) is 101 Å². The third-order valence-corrected chi connectivity index (χ3v) is 8.17. The normalized spacial score (nSPS) is 21.6. The summed E-state index contributed by atoms with van der Waals surface area (Å²) in [6.07, 6.45) is -0.340. The van der Waals surface area contributed by atoms with Gasteiger partial charge in [0.1, 0.15) is 24.1 Å². The summed E-state index contributed by atoms with van der Waals surface area (Å²) in [5, 5.41) is 9.40. The van der Waals surface area contributed by atoms with Crippen LogP contribution in [0.1, 0.15) is 54.2 Å². The van der Waals surface area contributed by atoms with E-state index in [4.69, 9.17) is 10.5 Å². The zero-order valence-electron chi connectivity index (χ0n) is 23.8. The third-order valence-electron chi connectivity index (χ3n) is 8.17. The van der Waals surface area contributed by atoms with Gasteiger partial charge in [0.15, 0.2) is 0 Å². The zero-order chi connectivity index (χ0) is 30.0. The van der Waals surface area contributed by atoms with E-state index in [-0.39, 0.29) is 37.1 Å². The number of nitrogens with two attached hydrogens (primary N) is 1. The fourth-order valence-corrected chi connectivity index (χ4v) is 5.80. The molecule has 0 saturated carbocycles. The first-order valence-electron chi connectivity index (χ1n) is 14.3. The molecule has 0 bridgehead atoms. The average molecular weight is 574 g/mol. The molecule has 4 atom stereocenters. The Morgan fingerprint density at radius 1 is 1.00 bits per heavy atom. The topological polar surface area (TPSA) is 113 Å². The van der Waals surface area contributed by atoms with Gasteiger partial charge < -0.3 is 25.4 Å². The molecule has 2 aliphatic rings. The highest BCUT2D eigenvalue weighted by atomic mass is 19.1. The fraction of sp³-hybridized carbons (Fsp3) is 0.364. The quantitative estimate of drug-likeness (QED) is 0.360. The lowest BCUT2D eigenvalue weighted by atomic mass is 9.87. The molecule has 2 saturated heterocycles. The number of carbonyl (C=O) groups excluding carboxylic acids is 2. The molecule has 2 amide bonds. The van der Waals surface area contributed by atoms with E-state index < -0.39 is 36.2 Å². The Hall–Kier alpha value is -4.24. The lowest BCUT2D eigenvalue weighted by Gasteiger charge is -2.49. The first kappa shape index (κ1) is 29.3. The molecule has 0 aliphatic carbocycles. The molecule has 3 aromatic rings. The molecule has 2 fully saturated rings. The number of halogens is 1. The lowest BCUT2D eigenvalue weighted by Crippen LogP contribution is -2.63. The van der Waals surface area contributed by atoms with Gasteiger partial charge in [-0.15, -0.1) is 0 Å². The first-order chi connectivity index (χ1) is 20.2. The number of benzene rings is 3. The van der Waals surface area contributed by atoms with Gasteiger partial charge in [0.2, 0.25) is 5.91 Å². The van der Waals surface area contributed by atoms with Gasteiger partial charge in [-0.25, -0.2) is 4.39 Å². The van der Waals surface area contributed by atoms with Crippen LogP contribution in [0, 0.1) is 18.7 Å². The average Bonchev–Trinajstić information content (AvgIpc) is 2.94. The largest absolute Gasteiger partial charge is 0.481 e. The van der Waals surface area contributed by atoms with Gasteiger partial charge in [-0.2, -0.15) is 0 Å². The summed E-state index contributed by atoms with van der Waals surface area (Å²) in [6, 6.07) is 19.6. The number of ether oxygens (including phenoxy) is 1. The number of nitrogen functional groups attached to an aromatic ring is 1. The van der Waals surface area contributed by atoms with Crippen molar-refractivity contribution in [1.82, 2.24) is 9.80 Å². The molecule has 0 aromatic heterocycles. The molecular weight excluding hydrogens is 537 g/mol. The van der Waals surface area contributed by atoms with Crippen molar-refractivity contribution in [2.45, 2.75) is 57.4 Å². The van der Waals surface area contributed by atoms with E-state index in [0.29, 0.717) is 18.5 Å². The third kappa shape index (κ3) is 6.01. The number of likely N-dealkylation sites (tertiary alicyclic amines) is 1. The predicted molar refractivity (Wildman–Crippen MR) is 156 cm³/mol. The smallest absolute Gasteiger partial charge is 0.310 e. The molecule has 5 rings (SSSR count). The summed E-state index contributed by atoms with van der Waals surface area (Å²) >= 11 is 0. The van der Waals surface area contributed by atoms with Crippen LogP contribution >= 0.6 is 0 Å². The van der Waals surface area contributed by atoms with Gasteiger partial charge >= 0.3 is 5.97 Å². The molecule has 8 nitrogen and oxygen atoms in total. The van der Waals surface area contributed by atoms with E-state index in [1.807, 2.05) is 50.2 Å². The standard InChI is InChI=1S/C33H36FN3O5/c1-3-4-27(31(38)36-18-24(19-36)33(40)41)37-29(22-9-5-20(2)6-10-22)30(23-11-15-26(35)16-12-23)42-28(32(37)39)17-21-7-13-25(34)14-8-21/h5-16,24,27-30H,3-4,17-19,35H2,1-2H3,(H,40,41). The zero-order valence-corrected chi connectivity index (χ0v) is 23.8. The van der Waals surface area contributed by atoms with Crippen molar-refractivity contribution in [2.24, 2.45) is 5.92 Å². The number of morpholine rings is 1. The molecule has 9 heteroatoms. The molecule has 0 radical (unpaired) electrons. The number of rotatable bonds is 9. The number of nitrogens with zero attached hydrogens (tertiary/aromatic N) is 2. The number of hydrogen-bond donors (Lipinski definition) is 2. The summed E-state index contributed by atoms with van der Waals surface area (Å²) in [4.78, 5) is 43.1. The van der Waals surface area contributed by atoms with Crippen molar-refractivity contribution in [1.29, 1.82) is 0 Å². The highest BCUT2D eigenvalue weighted by Crippen LogP contribution is 2.45. The number of carboxylic acid groups (broad SMARTS) is 1. The highest BCUT2D eigenvalue weighted by molar-refractivity contribution is 5.91. The van der Waals surface area contributed by atoms with Gasteiger partial charge in [0.05, 0.1) is 12.0 Å². The Kier molecular flexibility index (Phi) is 8.59. The van der Waals surface area contributed by atoms with Gasteiger partial charge in [0, 0.05) is 25.2 Å². The molecule has 3 aromatic carbocycles. The molecular formula is C33H36FN3O5. The van der Waals surface area contributed by atoms with Crippen molar-refractivity contribution >= 4 is 23.5 Å². The van der Waals surface area contributed by atoms with Crippen LogP contribution in [-0.2, 0) is 25.5 Å². The highest BCUT2D eigenvalue weighted by Gasteiger charge is 2.50. The minimum Gasteiger partial charge on any atom is -0.481 e. The summed E-state index contributed by atoms with van der Waals surface area (Å²) in [6.45, 7) is 4.16. The fourth-order valence-electron chi connectivity index (χ4n) is 5.80. The Labute approximate surface area is 244 Å². The van der Waals surface area contributed by atoms with E-state index in [1.165, 1.54) is 17.0 Å². The van der Waals surface area contributed by atoms with Crippen LogP contribution in [0.3, 0.4) is 0 Å². The van der Waals surface area contributed by atoms with Crippen molar-refractivity contribution in [3.63, 3.8) is 0 Å². The minimum atomic E-state index is -0.936. The molecule has 0 spiro atoms. The lowest BCUT2D eigenvalue weighted by molar-refractivity contribution is -0.185. The molecule has 3 N–H and O–H groups in total. The first-order valence-corrected chi connectivity index (χ1v) is 14.3. The number of aliphatic carboxylic acids is 1. The number of hydrogen-bond acceptors (Lipinski definition) is 5. The van der Waals surface area contributed by atoms with E-state index in [1.54, 1.807) is 29.2 Å². The Bertz CT molecular complexity index is 1420. The number of carbonyl (C=O) groups is 3. The summed E-state index contributed by atoms with van der Waals surface area (Å²) in [5.41, 5.74) is 9.97. The van der Waals surface area contributed by atoms with Crippen LogP contribution in [0.2, 0.25) is 0 Å². The second-order valence-corrected chi connectivity index (χ2v) is 11.2. The van der Waals surface area contributed by atoms with Crippen LogP contribution in [0.5, 0.6) is 0 Å². The maximum atomic E-state index is 14.4. The van der Waals surface area contributed by atoms with Crippen molar-refractivity contribution < 1.29 is 28.6 Å². The Morgan fingerprint density at radius 2 is 1.62 bits per heavy atom. The van der Waals surface area contributed by atoms with Gasteiger partial charge in [-0.05, 0) is 54.3 Å².